The van der Waals surface area contributed by atoms with Crippen molar-refractivity contribution in [2.45, 2.75) is 31.3 Å². The molecule has 0 aromatic carbocycles. The number of hydrogen-bond donors (Lipinski definition) is 2. The molecule has 1 saturated heterocycles. The summed E-state index contributed by atoms with van der Waals surface area (Å²) in [5.41, 5.74) is 0. The summed E-state index contributed by atoms with van der Waals surface area (Å²) in [6.45, 7) is 4.71. The summed E-state index contributed by atoms with van der Waals surface area (Å²) in [6, 6.07) is 1.64. The Morgan fingerprint density at radius 2 is 2.23 bits per heavy atom. The van der Waals surface area contributed by atoms with Gasteiger partial charge < -0.3 is 15.5 Å². The van der Waals surface area contributed by atoms with Crippen LogP contribution in [0.1, 0.15) is 19.3 Å². The molecule has 2 rings (SSSR count). The molecular weight excluding hydrogens is 162 g/mol. The smallest absolute Gasteiger partial charge is 0.0205 e. The van der Waals surface area contributed by atoms with E-state index in [1.807, 2.05) is 0 Å². The molecule has 2 aliphatic rings. The van der Waals surface area contributed by atoms with Crippen molar-refractivity contribution >= 4 is 0 Å². The van der Waals surface area contributed by atoms with Gasteiger partial charge >= 0.3 is 0 Å². The number of hydrogen-bond acceptors (Lipinski definition) is 3. The van der Waals surface area contributed by atoms with Gasteiger partial charge in [-0.05, 0) is 32.9 Å². The third kappa shape index (κ3) is 2.93. The second kappa shape index (κ2) is 4.40. The number of rotatable bonds is 5. The highest BCUT2D eigenvalue weighted by Crippen LogP contribution is 2.24. The molecule has 1 saturated carbocycles. The fourth-order valence-electron chi connectivity index (χ4n) is 1.97. The van der Waals surface area contributed by atoms with Crippen molar-refractivity contribution in [2.75, 3.05) is 33.2 Å². The Balaban J connectivity index is 1.52. The van der Waals surface area contributed by atoms with Crippen LogP contribution in [0.4, 0.5) is 0 Å². The van der Waals surface area contributed by atoms with Gasteiger partial charge in [0.15, 0.2) is 0 Å². The van der Waals surface area contributed by atoms with Gasteiger partial charge in [0.25, 0.3) is 0 Å². The van der Waals surface area contributed by atoms with Gasteiger partial charge in [0.1, 0.15) is 0 Å². The molecule has 3 nitrogen and oxygen atoms in total. The fourth-order valence-corrected chi connectivity index (χ4v) is 1.97. The normalized spacial score (nSPS) is 28.6. The maximum atomic E-state index is 3.59. The van der Waals surface area contributed by atoms with Crippen molar-refractivity contribution in [3.05, 3.63) is 0 Å². The molecule has 0 aromatic rings. The zero-order valence-electron chi connectivity index (χ0n) is 8.55. The molecule has 0 aromatic heterocycles. The first-order valence-electron chi connectivity index (χ1n) is 5.50. The third-order valence-electron chi connectivity index (χ3n) is 3.13. The molecule has 0 bridgehead atoms. The van der Waals surface area contributed by atoms with Crippen LogP contribution in [-0.4, -0.2) is 50.2 Å². The summed E-state index contributed by atoms with van der Waals surface area (Å²) < 4.78 is 0. The van der Waals surface area contributed by atoms with E-state index in [4.69, 9.17) is 0 Å². The molecule has 1 aliphatic carbocycles. The molecule has 0 radical (unpaired) electrons. The van der Waals surface area contributed by atoms with Crippen LogP contribution in [0.15, 0.2) is 0 Å². The van der Waals surface area contributed by atoms with Crippen molar-refractivity contribution in [1.82, 2.24) is 15.5 Å². The predicted molar refractivity (Wildman–Crippen MR) is 54.9 cm³/mol. The van der Waals surface area contributed by atoms with Crippen LogP contribution in [-0.2, 0) is 0 Å². The number of nitrogens with zero attached hydrogens (tertiary/aromatic N) is 1. The van der Waals surface area contributed by atoms with E-state index in [9.17, 15) is 0 Å². The van der Waals surface area contributed by atoms with Crippen molar-refractivity contribution in [3.8, 4) is 0 Å². The summed E-state index contributed by atoms with van der Waals surface area (Å²) in [7, 11) is 2.24. The van der Waals surface area contributed by atoms with Crippen LogP contribution >= 0.6 is 0 Å². The second-order valence-corrected chi connectivity index (χ2v) is 4.36. The molecule has 1 unspecified atom stereocenters. The van der Waals surface area contributed by atoms with Crippen molar-refractivity contribution in [1.29, 1.82) is 0 Å². The monoisotopic (exact) mass is 183 g/mol. The van der Waals surface area contributed by atoms with E-state index in [2.05, 4.69) is 22.6 Å². The van der Waals surface area contributed by atoms with Crippen molar-refractivity contribution < 1.29 is 0 Å². The van der Waals surface area contributed by atoms with E-state index in [1.54, 1.807) is 0 Å². The Morgan fingerprint density at radius 3 is 2.85 bits per heavy atom. The third-order valence-corrected chi connectivity index (χ3v) is 3.13. The molecule has 2 N–H and O–H groups in total. The first kappa shape index (κ1) is 9.44. The maximum absolute atomic E-state index is 3.59. The fraction of sp³-hybridized carbons (Fsp3) is 1.00. The van der Waals surface area contributed by atoms with Crippen LogP contribution < -0.4 is 10.6 Å². The highest BCUT2D eigenvalue weighted by atomic mass is 15.2. The van der Waals surface area contributed by atoms with Crippen LogP contribution in [0.25, 0.3) is 0 Å². The Labute approximate surface area is 80.9 Å². The van der Waals surface area contributed by atoms with E-state index < -0.39 is 0 Å². The maximum Gasteiger partial charge on any atom is 0.0205 e. The zero-order chi connectivity index (χ0) is 9.10. The summed E-state index contributed by atoms with van der Waals surface area (Å²) >= 11 is 0. The lowest BCUT2D eigenvalue weighted by Gasteiger charge is -2.17. The van der Waals surface area contributed by atoms with Gasteiger partial charge in [-0.3, -0.25) is 0 Å². The Kier molecular flexibility index (Phi) is 3.19. The van der Waals surface area contributed by atoms with E-state index in [0.29, 0.717) is 0 Å². The van der Waals surface area contributed by atoms with Gasteiger partial charge in [0.05, 0.1) is 0 Å². The molecule has 1 atom stereocenters. The summed E-state index contributed by atoms with van der Waals surface area (Å²) in [6.07, 6.45) is 4.14. The number of likely N-dealkylation sites (N-methyl/N-ethyl adjacent to an activating group) is 1. The molecule has 3 heteroatoms. The summed E-state index contributed by atoms with van der Waals surface area (Å²) in [4.78, 5) is 2.48. The van der Waals surface area contributed by atoms with Gasteiger partial charge in [-0.2, -0.15) is 0 Å². The lowest BCUT2D eigenvalue weighted by molar-refractivity contribution is 0.316. The van der Waals surface area contributed by atoms with Gasteiger partial charge in [0, 0.05) is 31.7 Å². The largest absolute Gasteiger partial charge is 0.315 e. The molecule has 76 valence electrons. The van der Waals surface area contributed by atoms with Crippen LogP contribution in [0, 0.1) is 0 Å². The first-order valence-corrected chi connectivity index (χ1v) is 5.50. The van der Waals surface area contributed by atoms with Crippen LogP contribution in [0.5, 0.6) is 0 Å². The highest BCUT2D eigenvalue weighted by molar-refractivity contribution is 4.83. The minimum Gasteiger partial charge on any atom is -0.315 e. The molecule has 1 aliphatic heterocycles. The average molecular weight is 183 g/mol. The zero-order valence-corrected chi connectivity index (χ0v) is 8.55. The van der Waals surface area contributed by atoms with Crippen molar-refractivity contribution in [3.63, 3.8) is 0 Å². The van der Waals surface area contributed by atoms with Gasteiger partial charge in [-0.1, -0.05) is 0 Å². The van der Waals surface area contributed by atoms with Crippen molar-refractivity contribution in [2.24, 2.45) is 0 Å². The SMILES string of the molecule is CN(CCNC1CCNC1)C1CC1. The Hall–Kier alpha value is -0.120. The second-order valence-electron chi connectivity index (χ2n) is 4.36. The van der Waals surface area contributed by atoms with E-state index in [-0.39, 0.29) is 0 Å². The Morgan fingerprint density at radius 1 is 1.38 bits per heavy atom. The molecular formula is C10H21N3. The lowest BCUT2D eigenvalue weighted by Crippen LogP contribution is -2.37. The summed E-state index contributed by atoms with van der Waals surface area (Å²) in [5, 5.41) is 6.96. The predicted octanol–water partition coefficient (Wildman–Crippen LogP) is 0.0321. The topological polar surface area (TPSA) is 27.3 Å². The van der Waals surface area contributed by atoms with Gasteiger partial charge in [-0.15, -0.1) is 0 Å². The minimum atomic E-state index is 0.729. The van der Waals surface area contributed by atoms with E-state index in [0.717, 1.165) is 25.2 Å². The van der Waals surface area contributed by atoms with E-state index in [1.165, 1.54) is 32.4 Å². The Bertz CT molecular complexity index is 148. The highest BCUT2D eigenvalue weighted by Gasteiger charge is 2.25. The van der Waals surface area contributed by atoms with Crippen LogP contribution in [0.2, 0.25) is 0 Å². The van der Waals surface area contributed by atoms with E-state index >= 15 is 0 Å². The minimum absolute atomic E-state index is 0.729. The first-order chi connectivity index (χ1) is 6.36. The molecule has 1 heterocycles. The quantitative estimate of drug-likeness (QED) is 0.630. The standard InChI is InChI=1S/C10H21N3/c1-13(10-2-3-10)7-6-12-9-4-5-11-8-9/h9-12H,2-8H2,1H3. The molecule has 2 fully saturated rings. The molecule has 0 spiro atoms. The van der Waals surface area contributed by atoms with Gasteiger partial charge in [-0.25, -0.2) is 0 Å². The number of nitrogens with one attached hydrogen (secondary N) is 2. The summed E-state index contributed by atoms with van der Waals surface area (Å²) in [5.74, 6) is 0. The lowest BCUT2D eigenvalue weighted by atomic mass is 10.2. The van der Waals surface area contributed by atoms with Crippen LogP contribution in [0.3, 0.4) is 0 Å². The van der Waals surface area contributed by atoms with Gasteiger partial charge in [0.2, 0.25) is 0 Å². The molecule has 0 amide bonds. The average Bonchev–Trinajstić information content (AvgIpc) is 2.86. The molecule has 13 heavy (non-hydrogen) atoms.